The van der Waals surface area contributed by atoms with Crippen LogP contribution in [0, 0.1) is 5.82 Å². The van der Waals surface area contributed by atoms with Gasteiger partial charge < -0.3 is 5.73 Å². The van der Waals surface area contributed by atoms with Crippen molar-refractivity contribution in [3.05, 3.63) is 70.0 Å². The first-order chi connectivity index (χ1) is 9.29. The van der Waals surface area contributed by atoms with E-state index in [1.807, 2.05) is 0 Å². The molecular weight excluding hydrogens is 294 g/mol. The standard InChI is InChI=1S/C14H10ClF4N/c15-11-5-4-9(7-12(11)16)13(20)8-2-1-3-10(6-8)14(17,18)19/h1-7,13H,20H2. The maximum atomic E-state index is 13.4. The van der Waals surface area contributed by atoms with Crippen LogP contribution in [0.3, 0.4) is 0 Å². The Bertz CT molecular complexity index is 625. The fraction of sp³-hybridized carbons (Fsp3) is 0.143. The Morgan fingerprint density at radius 2 is 1.65 bits per heavy atom. The summed E-state index contributed by atoms with van der Waals surface area (Å²) in [4.78, 5) is 0. The fourth-order valence-corrected chi connectivity index (χ4v) is 1.92. The molecule has 0 saturated carbocycles. The topological polar surface area (TPSA) is 26.0 Å². The van der Waals surface area contributed by atoms with Crippen molar-refractivity contribution in [1.29, 1.82) is 0 Å². The summed E-state index contributed by atoms with van der Waals surface area (Å²) in [5.74, 6) is -0.661. The zero-order valence-electron chi connectivity index (χ0n) is 10.1. The lowest BCUT2D eigenvalue weighted by Gasteiger charge is -2.15. The first-order valence-electron chi connectivity index (χ1n) is 5.66. The van der Waals surface area contributed by atoms with Gasteiger partial charge in [-0.05, 0) is 35.4 Å². The van der Waals surface area contributed by atoms with Crippen molar-refractivity contribution >= 4 is 11.6 Å². The van der Waals surface area contributed by atoms with E-state index in [1.165, 1.54) is 24.3 Å². The summed E-state index contributed by atoms with van der Waals surface area (Å²) >= 11 is 5.55. The van der Waals surface area contributed by atoms with Gasteiger partial charge in [0.2, 0.25) is 0 Å². The molecule has 106 valence electrons. The summed E-state index contributed by atoms with van der Waals surface area (Å²) < 4.78 is 51.3. The van der Waals surface area contributed by atoms with Gasteiger partial charge in [-0.2, -0.15) is 13.2 Å². The minimum absolute atomic E-state index is 0.0648. The van der Waals surface area contributed by atoms with Gasteiger partial charge in [-0.3, -0.25) is 0 Å². The Balaban J connectivity index is 2.38. The van der Waals surface area contributed by atoms with Crippen molar-refractivity contribution in [2.24, 2.45) is 5.73 Å². The van der Waals surface area contributed by atoms with E-state index in [0.717, 1.165) is 18.2 Å². The van der Waals surface area contributed by atoms with Crippen molar-refractivity contribution in [3.8, 4) is 0 Å². The third kappa shape index (κ3) is 3.11. The molecule has 0 bridgehead atoms. The van der Waals surface area contributed by atoms with Crippen LogP contribution in [0.1, 0.15) is 22.7 Å². The summed E-state index contributed by atoms with van der Waals surface area (Å²) in [6.07, 6.45) is -4.44. The molecule has 0 spiro atoms. The highest BCUT2D eigenvalue weighted by molar-refractivity contribution is 6.30. The molecule has 2 aromatic rings. The van der Waals surface area contributed by atoms with E-state index in [9.17, 15) is 17.6 Å². The van der Waals surface area contributed by atoms with Gasteiger partial charge in [-0.1, -0.05) is 29.8 Å². The molecule has 2 rings (SSSR count). The highest BCUT2D eigenvalue weighted by atomic mass is 35.5. The molecule has 0 radical (unpaired) electrons. The average molecular weight is 304 g/mol. The molecule has 1 nitrogen and oxygen atoms in total. The summed E-state index contributed by atoms with van der Waals surface area (Å²) in [5, 5.41) is -0.0648. The molecule has 0 aromatic heterocycles. The van der Waals surface area contributed by atoms with Gasteiger partial charge in [-0.25, -0.2) is 4.39 Å². The van der Waals surface area contributed by atoms with Gasteiger partial charge in [0.1, 0.15) is 5.82 Å². The average Bonchev–Trinajstić information content (AvgIpc) is 2.40. The molecular formula is C14H10ClF4N. The number of benzene rings is 2. The number of nitrogens with two attached hydrogens (primary N) is 1. The second kappa shape index (κ2) is 5.42. The molecule has 0 aliphatic heterocycles. The molecule has 2 N–H and O–H groups in total. The largest absolute Gasteiger partial charge is 0.416 e. The molecule has 2 aromatic carbocycles. The predicted octanol–water partition coefficient (Wildman–Crippen LogP) is 4.55. The van der Waals surface area contributed by atoms with Crippen LogP contribution in [-0.2, 0) is 6.18 Å². The Morgan fingerprint density at radius 1 is 1.00 bits per heavy atom. The summed E-state index contributed by atoms with van der Waals surface area (Å²) in [6, 6.07) is 7.71. The Morgan fingerprint density at radius 3 is 2.25 bits per heavy atom. The van der Waals surface area contributed by atoms with Crippen LogP contribution in [-0.4, -0.2) is 0 Å². The molecule has 0 aliphatic carbocycles. The normalized spacial score (nSPS) is 13.3. The van der Waals surface area contributed by atoms with Crippen LogP contribution in [0.4, 0.5) is 17.6 Å². The molecule has 1 unspecified atom stereocenters. The van der Waals surface area contributed by atoms with Crippen LogP contribution >= 0.6 is 11.6 Å². The Labute approximate surface area is 118 Å². The molecule has 6 heteroatoms. The number of rotatable bonds is 2. The van der Waals surface area contributed by atoms with Gasteiger partial charge in [-0.15, -0.1) is 0 Å². The van der Waals surface area contributed by atoms with E-state index in [0.29, 0.717) is 5.56 Å². The molecule has 0 heterocycles. The van der Waals surface area contributed by atoms with E-state index < -0.39 is 23.6 Å². The van der Waals surface area contributed by atoms with Crippen LogP contribution in [0.25, 0.3) is 0 Å². The lowest BCUT2D eigenvalue weighted by atomic mass is 9.98. The van der Waals surface area contributed by atoms with E-state index in [-0.39, 0.29) is 10.6 Å². The monoisotopic (exact) mass is 303 g/mol. The minimum atomic E-state index is -4.44. The van der Waals surface area contributed by atoms with Crippen molar-refractivity contribution in [3.63, 3.8) is 0 Å². The third-order valence-corrected chi connectivity index (χ3v) is 3.18. The molecule has 0 aliphatic rings. The maximum Gasteiger partial charge on any atom is 0.416 e. The molecule has 0 fully saturated rings. The SMILES string of the molecule is NC(c1cccc(C(F)(F)F)c1)c1ccc(Cl)c(F)c1. The van der Waals surface area contributed by atoms with Crippen LogP contribution in [0.15, 0.2) is 42.5 Å². The Hall–Kier alpha value is -1.59. The quantitative estimate of drug-likeness (QED) is 0.810. The van der Waals surface area contributed by atoms with Gasteiger partial charge in [0.25, 0.3) is 0 Å². The van der Waals surface area contributed by atoms with Crippen molar-refractivity contribution < 1.29 is 17.6 Å². The summed E-state index contributed by atoms with van der Waals surface area (Å²) in [7, 11) is 0. The lowest BCUT2D eigenvalue weighted by molar-refractivity contribution is -0.137. The van der Waals surface area contributed by atoms with E-state index in [1.54, 1.807) is 0 Å². The number of alkyl halides is 3. The second-order valence-electron chi connectivity index (χ2n) is 4.27. The summed E-state index contributed by atoms with van der Waals surface area (Å²) in [5.41, 5.74) is 5.68. The number of halogens is 5. The van der Waals surface area contributed by atoms with Crippen molar-refractivity contribution in [2.45, 2.75) is 12.2 Å². The molecule has 1 atom stereocenters. The first-order valence-corrected chi connectivity index (χ1v) is 6.04. The van der Waals surface area contributed by atoms with Gasteiger partial charge in [0, 0.05) is 0 Å². The highest BCUT2D eigenvalue weighted by Gasteiger charge is 2.30. The second-order valence-corrected chi connectivity index (χ2v) is 4.68. The van der Waals surface area contributed by atoms with Crippen molar-refractivity contribution in [2.75, 3.05) is 0 Å². The van der Waals surface area contributed by atoms with Gasteiger partial charge in [0.05, 0.1) is 16.6 Å². The molecule has 20 heavy (non-hydrogen) atoms. The number of hydrogen-bond donors (Lipinski definition) is 1. The number of hydrogen-bond acceptors (Lipinski definition) is 1. The highest BCUT2D eigenvalue weighted by Crippen LogP contribution is 2.32. The Kier molecular flexibility index (Phi) is 4.01. The minimum Gasteiger partial charge on any atom is -0.320 e. The molecule has 0 amide bonds. The lowest BCUT2D eigenvalue weighted by Crippen LogP contribution is -2.14. The fourth-order valence-electron chi connectivity index (χ4n) is 1.81. The smallest absolute Gasteiger partial charge is 0.320 e. The van der Waals surface area contributed by atoms with E-state index >= 15 is 0 Å². The summed E-state index contributed by atoms with van der Waals surface area (Å²) in [6.45, 7) is 0. The van der Waals surface area contributed by atoms with Crippen LogP contribution in [0.2, 0.25) is 5.02 Å². The van der Waals surface area contributed by atoms with Gasteiger partial charge >= 0.3 is 6.18 Å². The van der Waals surface area contributed by atoms with E-state index in [2.05, 4.69) is 0 Å². The van der Waals surface area contributed by atoms with Gasteiger partial charge in [0.15, 0.2) is 0 Å². The zero-order chi connectivity index (χ0) is 14.9. The predicted molar refractivity (Wildman–Crippen MR) is 68.9 cm³/mol. The van der Waals surface area contributed by atoms with Crippen LogP contribution < -0.4 is 5.73 Å². The van der Waals surface area contributed by atoms with Crippen molar-refractivity contribution in [1.82, 2.24) is 0 Å². The maximum absolute atomic E-state index is 13.4. The first kappa shape index (κ1) is 14.8. The van der Waals surface area contributed by atoms with E-state index in [4.69, 9.17) is 17.3 Å². The zero-order valence-corrected chi connectivity index (χ0v) is 10.8. The third-order valence-electron chi connectivity index (χ3n) is 2.88. The van der Waals surface area contributed by atoms with Crippen LogP contribution in [0.5, 0.6) is 0 Å². The molecule has 0 saturated heterocycles.